The molecule has 0 saturated heterocycles. The number of ether oxygens (including phenoxy) is 1. The van der Waals surface area contributed by atoms with Gasteiger partial charge in [0.25, 0.3) is 0 Å². The van der Waals surface area contributed by atoms with E-state index in [0.717, 1.165) is 0 Å². The number of nitrogens with zero attached hydrogens (tertiary/aromatic N) is 4. The summed E-state index contributed by atoms with van der Waals surface area (Å²) in [7, 11) is 0. The largest absolute Gasteiger partial charge is 0.509 e. The first-order valence-electron chi connectivity index (χ1n) is 26.4. The van der Waals surface area contributed by atoms with Gasteiger partial charge in [0.1, 0.15) is 5.82 Å². The van der Waals surface area contributed by atoms with Crippen molar-refractivity contribution >= 4 is 44.6 Å². The zero-order valence-corrected chi connectivity index (χ0v) is 33.3. The Morgan fingerprint density at radius 3 is 1.98 bits per heavy atom. The first kappa shape index (κ1) is 22.5. The van der Waals surface area contributed by atoms with Crippen molar-refractivity contribution in [1.29, 1.82) is 0 Å². The number of hydrogen-bond donors (Lipinski definition) is 0. The Balaban J connectivity index is 0.00000689. The van der Waals surface area contributed by atoms with Crippen molar-refractivity contribution in [3.05, 3.63) is 200 Å². The molecule has 5 nitrogen and oxygen atoms in total. The number of hydrogen-bond acceptors (Lipinski definition) is 4. The van der Waals surface area contributed by atoms with Gasteiger partial charge >= 0.3 is 0 Å². The Kier molecular flexibility index (Phi) is 5.88. The van der Waals surface area contributed by atoms with Crippen molar-refractivity contribution < 1.29 is 49.1 Å². The van der Waals surface area contributed by atoms with Gasteiger partial charge < -0.3 is 19.1 Å². The third-order valence-electron chi connectivity index (χ3n) is 9.50. The first-order chi connectivity index (χ1) is 35.0. The van der Waals surface area contributed by atoms with E-state index in [1.165, 1.54) is 10.6 Å². The minimum atomic E-state index is -0.788. The maximum Gasteiger partial charge on any atom is 0.135 e. The van der Waals surface area contributed by atoms with E-state index in [2.05, 4.69) is 17.1 Å². The van der Waals surface area contributed by atoms with Crippen LogP contribution in [0.2, 0.25) is 0 Å². The van der Waals surface area contributed by atoms with E-state index in [1.54, 1.807) is 104 Å². The van der Waals surface area contributed by atoms with Crippen LogP contribution >= 0.6 is 0 Å². The second-order valence-corrected chi connectivity index (χ2v) is 14.1. The van der Waals surface area contributed by atoms with Crippen LogP contribution in [0.3, 0.4) is 0 Å². The summed E-state index contributed by atoms with van der Waals surface area (Å²) in [5, 5.41) is 0.449. The van der Waals surface area contributed by atoms with Crippen LogP contribution in [-0.2, 0) is 26.5 Å². The quantitative estimate of drug-likeness (QED) is 0.149. The van der Waals surface area contributed by atoms with E-state index in [4.69, 9.17) is 26.7 Å². The van der Waals surface area contributed by atoms with E-state index < -0.39 is 90.1 Å². The molecule has 286 valence electrons. The summed E-state index contributed by atoms with van der Waals surface area (Å²) in [5.74, 6) is 0.118. The van der Waals surface area contributed by atoms with Crippen LogP contribution in [0.5, 0.6) is 11.5 Å². The Bertz CT molecular complexity index is 3770. The number of para-hydroxylation sites is 4. The molecule has 0 fully saturated rings. The minimum absolute atomic E-state index is 0. The van der Waals surface area contributed by atoms with Crippen molar-refractivity contribution in [2.75, 3.05) is 9.80 Å². The fourth-order valence-electron chi connectivity index (χ4n) is 6.89. The fourth-order valence-corrected chi connectivity index (χ4v) is 6.89. The number of aromatic nitrogens is 2. The molecule has 3 heterocycles. The average Bonchev–Trinajstić information content (AvgIpc) is 3.92. The molecule has 10 rings (SSSR count). The van der Waals surface area contributed by atoms with Crippen LogP contribution < -0.4 is 14.5 Å². The summed E-state index contributed by atoms with van der Waals surface area (Å²) < 4.78 is 156. The average molecular weight is 948 g/mol. The molecule has 0 saturated carbocycles. The smallest absolute Gasteiger partial charge is 0.135 e. The normalized spacial score (nSPS) is 16.6. The topological polar surface area (TPSA) is 33.5 Å². The molecular formula is C52H39N4OPt-3. The SMILES string of the molecule is [2H]c1nc(-n2c3[c-]c(Oc4[c-]c(N5[CH-]N(c6c(-c7c([2H])c([2H])c([2H])c([2H])c7[2H])cccc6-c6c([2H])c([2H])c([2H])c([2H])c6[2H])c6ccccc65)ccc4)ccc3c3c([2H])c([2H])c([2H])c([2H])c32)c([2H])c(C(C)(C)C)c1[2H].[Pt]. The van der Waals surface area contributed by atoms with Gasteiger partial charge in [0.05, 0.1) is 23.3 Å². The Morgan fingerprint density at radius 2 is 1.28 bits per heavy atom. The third kappa shape index (κ3) is 6.66. The van der Waals surface area contributed by atoms with Gasteiger partial charge in [-0.25, -0.2) is 4.98 Å². The molecule has 0 amide bonds. The molecule has 1 aliphatic rings. The maximum atomic E-state index is 9.33. The molecule has 9 aromatic rings. The summed E-state index contributed by atoms with van der Waals surface area (Å²) in [6, 6.07) is 18.5. The zero-order valence-electron chi connectivity index (χ0n) is 48.0. The van der Waals surface area contributed by atoms with Crippen molar-refractivity contribution in [3.63, 3.8) is 0 Å². The molecule has 58 heavy (non-hydrogen) atoms. The first-order valence-corrected chi connectivity index (χ1v) is 17.9. The van der Waals surface area contributed by atoms with E-state index in [-0.39, 0.29) is 106 Å². The van der Waals surface area contributed by atoms with Crippen LogP contribution in [-0.4, -0.2) is 9.55 Å². The van der Waals surface area contributed by atoms with Gasteiger partial charge in [-0.3, -0.25) is 0 Å². The van der Waals surface area contributed by atoms with Gasteiger partial charge in [0.15, 0.2) is 0 Å². The third-order valence-corrected chi connectivity index (χ3v) is 9.50. The number of anilines is 4. The standard InChI is InChI=1S/C52H39N4O.Pt/c1-52(2,3)38-30-31-53-50(32-38)56-46-25-11-10-22-44(46)45-29-28-41(34-49(45)56)57-40-21-14-20-39(33-40)54-35-55(48-27-13-12-26-47(48)54)51-42(36-16-6-4-7-17-36)23-15-24-43(51)37-18-8-5-9-19-37;/h4-32,35H,1-3H3;/q-3;/i4D,5D,6D,7D,8D,9D,10D,11D,16D,17D,18D,19D,22D,25D,30D,31D,32D;. The molecule has 1 aliphatic heterocycles. The van der Waals surface area contributed by atoms with Gasteiger partial charge in [-0.05, 0) is 57.8 Å². The molecule has 0 radical (unpaired) electrons. The predicted octanol–water partition coefficient (Wildman–Crippen LogP) is 13.6. The summed E-state index contributed by atoms with van der Waals surface area (Å²) in [5.41, 5.74) is 0.998. The van der Waals surface area contributed by atoms with Crippen LogP contribution in [0, 0.1) is 18.8 Å². The number of benzene rings is 7. The molecule has 0 N–H and O–H groups in total. The summed E-state index contributed by atoms with van der Waals surface area (Å²) in [6.45, 7) is 7.03. The summed E-state index contributed by atoms with van der Waals surface area (Å²) in [6.07, 6.45) is -0.433. The molecule has 6 heteroatoms. The van der Waals surface area contributed by atoms with E-state index in [9.17, 15) is 1.37 Å². The zero-order chi connectivity index (χ0) is 53.3. The van der Waals surface area contributed by atoms with Crippen molar-refractivity contribution in [2.24, 2.45) is 0 Å². The van der Waals surface area contributed by atoms with Crippen LogP contribution in [0.25, 0.3) is 49.9 Å². The van der Waals surface area contributed by atoms with E-state index in [0.29, 0.717) is 22.4 Å². The molecule has 0 aliphatic carbocycles. The molecule has 0 atom stereocenters. The Hall–Kier alpha value is -6.42. The second-order valence-electron chi connectivity index (χ2n) is 14.1. The Labute approximate surface area is 378 Å². The van der Waals surface area contributed by atoms with Crippen molar-refractivity contribution in [2.45, 2.75) is 26.2 Å². The number of pyridine rings is 1. The molecular weight excluding hydrogens is 892 g/mol. The molecule has 2 aromatic heterocycles. The van der Waals surface area contributed by atoms with E-state index in [1.807, 2.05) is 0 Å². The number of rotatable bonds is 7. The minimum Gasteiger partial charge on any atom is -0.509 e. The summed E-state index contributed by atoms with van der Waals surface area (Å²) >= 11 is 0. The van der Waals surface area contributed by atoms with Gasteiger partial charge in [0.2, 0.25) is 0 Å². The van der Waals surface area contributed by atoms with Gasteiger partial charge in [-0.2, -0.15) is 12.1 Å². The molecule has 0 unspecified atom stereocenters. The number of fused-ring (bicyclic) bond motifs is 4. The van der Waals surface area contributed by atoms with Gasteiger partial charge in [-0.1, -0.05) is 135 Å². The second kappa shape index (κ2) is 15.2. The van der Waals surface area contributed by atoms with Crippen molar-refractivity contribution in [3.8, 4) is 39.6 Å². The van der Waals surface area contributed by atoms with Crippen LogP contribution in [0.4, 0.5) is 22.7 Å². The predicted molar refractivity (Wildman–Crippen MR) is 234 cm³/mol. The van der Waals surface area contributed by atoms with E-state index >= 15 is 0 Å². The van der Waals surface area contributed by atoms with Crippen LogP contribution in [0.15, 0.2) is 176 Å². The molecule has 0 spiro atoms. The summed E-state index contributed by atoms with van der Waals surface area (Å²) in [4.78, 5) is 7.74. The molecule has 7 aromatic carbocycles. The fraction of sp³-hybridized carbons (Fsp3) is 0.0769. The molecule has 0 bridgehead atoms. The van der Waals surface area contributed by atoms with Gasteiger partial charge in [0, 0.05) is 72.4 Å². The monoisotopic (exact) mass is 947 g/mol. The van der Waals surface area contributed by atoms with Crippen molar-refractivity contribution in [1.82, 2.24) is 9.55 Å². The maximum absolute atomic E-state index is 9.33. The Morgan fingerprint density at radius 1 is 0.638 bits per heavy atom. The van der Waals surface area contributed by atoms with Gasteiger partial charge in [-0.15, -0.1) is 48.1 Å². The van der Waals surface area contributed by atoms with Crippen LogP contribution in [0.1, 0.15) is 49.6 Å².